The zero-order valence-electron chi connectivity index (χ0n) is 62.4. The summed E-state index contributed by atoms with van der Waals surface area (Å²) in [7, 11) is -18.4. The van der Waals surface area contributed by atoms with Crippen molar-refractivity contribution in [3.8, 4) is 0 Å². The number of halogens is 8. The molecule has 4 aromatic heterocycles. The number of nitrogens with one attached hydrogen (secondary N) is 5. The lowest BCUT2D eigenvalue weighted by Gasteiger charge is -2.07. The summed E-state index contributed by atoms with van der Waals surface area (Å²) in [6.45, 7) is 7.43. The van der Waals surface area contributed by atoms with Crippen molar-refractivity contribution in [2.75, 3.05) is 33.2 Å². The van der Waals surface area contributed by atoms with Gasteiger partial charge in [0.15, 0.2) is 3.78 Å². The topological polar surface area (TPSA) is 710 Å². The van der Waals surface area contributed by atoms with Crippen LogP contribution >= 0.6 is 71.5 Å². The molecular weight excluding hydrogens is 1870 g/mol. The van der Waals surface area contributed by atoms with E-state index >= 15 is 0 Å². The second-order valence-corrected chi connectivity index (χ2v) is 32.6. The molecule has 7 aromatic carbocycles. The Balaban J connectivity index is -0.000000265. The fraction of sp³-hybridized carbons (Fsp3) is 0.119. The van der Waals surface area contributed by atoms with E-state index in [1.807, 2.05) is 39.8 Å². The van der Waals surface area contributed by atoms with E-state index in [9.17, 15) is 69.2 Å². The van der Waals surface area contributed by atoms with Crippen molar-refractivity contribution >= 4 is 228 Å². The normalized spacial score (nSPS) is 10.2. The van der Waals surface area contributed by atoms with Crippen molar-refractivity contribution in [1.82, 2.24) is 49.5 Å². The number of aliphatic imine (C=N–C) groups is 2. The summed E-state index contributed by atoms with van der Waals surface area (Å²) >= 11 is 28.0. The van der Waals surface area contributed by atoms with Crippen LogP contribution in [0.2, 0.25) is 0 Å². The van der Waals surface area contributed by atoms with Crippen LogP contribution in [0.1, 0.15) is 76.1 Å². The number of nitrogens with two attached hydrogens (primary N) is 12. The number of nitrogens with zero attached hydrogens (tertiary/aromatic N) is 11. The first kappa shape index (κ1) is 122. The maximum atomic E-state index is 13.8. The minimum absolute atomic E-state index is 0. The molecule has 11 aromatic rings. The van der Waals surface area contributed by atoms with Gasteiger partial charge in [0.1, 0.15) is 34.4 Å². The van der Waals surface area contributed by atoms with Gasteiger partial charge >= 0.3 is 0 Å². The first-order valence-electron chi connectivity index (χ1n) is 31.1. The van der Waals surface area contributed by atoms with E-state index in [4.69, 9.17) is 107 Å². The van der Waals surface area contributed by atoms with Gasteiger partial charge in [-0.05, 0) is 221 Å². The summed E-state index contributed by atoms with van der Waals surface area (Å²) in [5, 5.41) is 59.5. The van der Waals surface area contributed by atoms with E-state index in [1.165, 1.54) is 119 Å². The summed E-state index contributed by atoms with van der Waals surface area (Å²) in [5.41, 5.74) is 31.9. The molecule has 0 bridgehead atoms. The van der Waals surface area contributed by atoms with E-state index in [0.29, 0.717) is 39.1 Å². The Hall–Kier alpha value is -11.6. The molecule has 11 rings (SSSR count). The molecular formula is C67H90B2Cl3F5N28O12S8. The molecule has 0 atom stereocenters. The first-order chi connectivity index (χ1) is 54.8. The molecule has 0 saturated heterocycles. The number of H-pyrrole nitrogens is 1. The summed E-state index contributed by atoms with van der Waals surface area (Å²) < 4.78 is 166. The molecule has 0 amide bonds. The molecule has 0 aliphatic heterocycles. The highest BCUT2D eigenvalue weighted by Gasteiger charge is 2.24. The predicted molar refractivity (Wildman–Crippen MR) is 494 cm³/mol. The van der Waals surface area contributed by atoms with Gasteiger partial charge < -0.3 is 44.6 Å². The second kappa shape index (κ2) is 55.6. The van der Waals surface area contributed by atoms with E-state index < -0.39 is 102 Å². The number of rotatable bonds is 13. The van der Waals surface area contributed by atoms with Crippen LogP contribution in [0, 0.1) is 56.4 Å². The van der Waals surface area contributed by atoms with Gasteiger partial charge in [-0.25, -0.2) is 99.8 Å². The number of carbonyl (C=O) groups is 2. The van der Waals surface area contributed by atoms with Crippen LogP contribution in [-0.4, -0.2) is 146 Å². The van der Waals surface area contributed by atoms with Crippen LogP contribution in [0.4, 0.5) is 74.5 Å². The van der Waals surface area contributed by atoms with Crippen molar-refractivity contribution in [1.29, 1.82) is 5.41 Å². The fourth-order valence-electron chi connectivity index (χ4n) is 8.25. The largest absolute Gasteiger partial charge is 0.399 e. The molecule has 0 saturated carbocycles. The van der Waals surface area contributed by atoms with E-state index in [-0.39, 0.29) is 111 Å². The molecule has 0 aliphatic rings. The highest BCUT2D eigenvalue weighted by atomic mass is 35.5. The number of aromatic nitrogens is 10. The Morgan fingerprint density at radius 3 is 1.14 bits per heavy atom. The maximum absolute atomic E-state index is 13.8. The molecule has 4 heterocycles. The quantitative estimate of drug-likeness (QED) is 0.00594. The smallest absolute Gasteiger partial charge is 0.287 e. The zero-order valence-corrected chi connectivity index (χ0v) is 71.2. The lowest BCUT2D eigenvalue weighted by molar-refractivity contribution is 0.0938. The molecule has 680 valence electrons. The number of primary sulfonamides is 5. The Labute approximate surface area is 754 Å². The average molecular weight is 1960 g/mol. The Kier molecular flexibility index (Phi) is 54.2. The minimum atomic E-state index is -3.84. The SMILES string of the molecule is C.C.C.C.Cc1cc(C)n(C(=N)N)n1.Cc1cc(C)n(C(N)=NC(=S)Nc2ccc(S(N)(=O)=O)cc2)n1.F.NN.NS(=O)(=O)c1ccc(N=C=S)cc1.Nc1ccc(S(N)(=O)=O)cc1.Nc1nc(Nc2ccc(S(N)(=O)=O)cc2)n[nH]1.Nc1nc(Nc2ccc(S(N)(=O)=O)cc2)nn1C(=O)c1c(F)cccc1F.O=C(Cl)c1c(F)cccc1F.S=C(Cl)Cl.[2HH].[2HH].[B].[B]. The Morgan fingerprint density at radius 1 is 0.512 bits per heavy atom. The Morgan fingerprint density at radius 2 is 0.840 bits per heavy atom. The van der Waals surface area contributed by atoms with E-state index in [1.54, 1.807) is 12.1 Å². The number of hydrogen-bond acceptors (Lipinski definition) is 30. The summed E-state index contributed by atoms with van der Waals surface area (Å²) in [5.74, 6) is 2.90. The van der Waals surface area contributed by atoms with Gasteiger partial charge in [0, 0.05) is 53.8 Å². The molecule has 29 N–H and O–H groups in total. The van der Waals surface area contributed by atoms with Crippen LogP contribution in [0.5, 0.6) is 0 Å². The number of aryl methyl sites for hydroxylation is 4. The number of hydrazine groups is 1. The standard InChI is InChI=1S/C15H12F2N6O3S.C13H16N6O2S2.C8H10N6O2S.C7H3ClF2O.C7H6N2O2S2.C6H10N4.C6H8N2O2S.CCl2S.4CH4.2B.FH.H4N2.2H2/c16-10-2-1-3-11(17)12(10)13(24)23-14(18)21-15(22-23)20-8-4-6-9(7-5-8)27(19,25)26;1-8-7-9(2)19(18-8)12(14)17-13(22)16-10-3-5-11(6-4-10)23(15,20)21;9-7-12-8(14-13-7)11-5-1-3-6(4-2-5)17(10,15)16;8-7(11)6-4(9)2-1-3-5(6)10;8-13(10,11)7-3-1-6(2-4-7)9-5-12;1-4-3-5(2)10(9-4)6(7)8;7-5-1-3-6(4-2-5)11(8,9)10;2-1(3)4;;;;;;;;1-2;;/h1-7H,(H2,19,25,26)(H3,18,20,21,22);3-7H,1-2H3,(H2,15,20,21)(H3,14,16,17,22);1-4H,(H2,10,15,16)(H4,9,11,12,13,14);1-3H;1-4H,(H2,8,10,11);3H,1-2H3,(H3,7,8);1-4H,7H2,(H2,8,9,10);;4*1H4;;;1H;1-2H2;2*1H/i;;;;;;;;;;;;;;;;2*1+1. The van der Waals surface area contributed by atoms with Crippen LogP contribution in [0.15, 0.2) is 204 Å². The van der Waals surface area contributed by atoms with Gasteiger partial charge in [-0.3, -0.25) is 31.4 Å². The van der Waals surface area contributed by atoms with Crippen molar-refractivity contribution in [3.63, 3.8) is 0 Å². The van der Waals surface area contributed by atoms with E-state index in [0.717, 1.165) is 59.2 Å². The lowest BCUT2D eigenvalue weighted by Crippen LogP contribution is -2.27. The van der Waals surface area contributed by atoms with E-state index in [2.05, 4.69) is 103 Å². The van der Waals surface area contributed by atoms with Gasteiger partial charge in [-0.15, -0.1) is 10.2 Å². The van der Waals surface area contributed by atoms with Gasteiger partial charge in [-0.1, -0.05) is 77.3 Å². The molecule has 0 unspecified atom stereocenters. The van der Waals surface area contributed by atoms with Gasteiger partial charge in [0.2, 0.25) is 90.9 Å². The van der Waals surface area contributed by atoms with Crippen molar-refractivity contribution in [2.45, 2.75) is 81.9 Å². The number of nitrogen functional groups attached to an aromatic ring is 4. The van der Waals surface area contributed by atoms with Gasteiger partial charge in [-0.2, -0.15) is 34.8 Å². The highest BCUT2D eigenvalue weighted by Crippen LogP contribution is 2.23. The Bertz CT molecular complexity index is 6050. The first-order valence-corrected chi connectivity index (χ1v) is 41.2. The molecule has 0 spiro atoms. The third kappa shape index (κ3) is 42.1. The number of benzene rings is 7. The van der Waals surface area contributed by atoms with Gasteiger partial charge in [0.25, 0.3) is 11.1 Å². The minimum Gasteiger partial charge on any atom is -0.399 e. The second-order valence-electron chi connectivity index (χ2n) is 22.0. The number of isothiocyanates is 1. The molecule has 58 heteroatoms. The van der Waals surface area contributed by atoms with Crippen molar-refractivity contribution in [3.05, 3.63) is 227 Å². The molecule has 0 fully saturated rings. The monoisotopic (exact) mass is 1960 g/mol. The molecule has 40 nitrogen and oxygen atoms in total. The summed E-state index contributed by atoms with van der Waals surface area (Å²) in [6.07, 6.45) is 0. The molecule has 125 heavy (non-hydrogen) atoms. The average Bonchev–Trinajstić information content (AvgIpc) is 1.71. The number of anilines is 8. The van der Waals surface area contributed by atoms with Crippen molar-refractivity contribution < 1.29 is 76.8 Å². The third-order valence-electron chi connectivity index (χ3n) is 13.2. The number of sulfonamides is 5. The highest BCUT2D eigenvalue weighted by molar-refractivity contribution is 7.90. The summed E-state index contributed by atoms with van der Waals surface area (Å²) in [4.78, 5) is 38.1. The fourth-order valence-corrected chi connectivity index (χ4v) is 11.3. The van der Waals surface area contributed by atoms with Crippen LogP contribution in [0.25, 0.3) is 0 Å². The van der Waals surface area contributed by atoms with Gasteiger partial charge in [0.05, 0.1) is 46.7 Å². The van der Waals surface area contributed by atoms with Crippen LogP contribution in [0.3, 0.4) is 0 Å². The van der Waals surface area contributed by atoms with Crippen molar-refractivity contribution in [2.24, 2.45) is 58.8 Å². The third-order valence-corrected chi connectivity index (χ3v) is 18.3. The maximum Gasteiger partial charge on any atom is 0.287 e. The predicted octanol–water partition coefficient (Wildman–Crippen LogP) is 8.27. The summed E-state index contributed by atoms with van der Waals surface area (Å²) in [6, 6.07) is 38.2. The zero-order chi connectivity index (χ0) is 89.5. The number of aromatic amines is 1. The molecule has 6 radical (unpaired) electrons. The number of hydrogen-bond donors (Lipinski definition) is 17. The number of thiocarbonyl (C=S) groups is 3. The number of carbonyl (C=O) groups excluding carboxylic acids is 2. The lowest BCUT2D eigenvalue weighted by atomic mass is 10.2. The molecule has 0 aliphatic carbocycles. The van der Waals surface area contributed by atoms with Crippen LogP contribution < -0.4 is 82.0 Å². The van der Waals surface area contributed by atoms with Crippen LogP contribution in [-0.2, 0) is 50.1 Å².